The number of nitrogen functional groups attached to an aromatic ring is 1. The van der Waals surface area contributed by atoms with E-state index in [2.05, 4.69) is 49.8 Å². The minimum Gasteiger partial charge on any atom is -0.543 e. The normalized spacial score (nSPS) is 12.6. The standard InChI is InChI=1S/C12H20BrNOSi/c1-12(2,3)16(4,5)15-11-7-9(13)6-10(14)8-11/h6-8H,14H2,1-5H3. The zero-order chi connectivity index (χ0) is 12.6. The Hall–Kier alpha value is -0.483. The highest BCUT2D eigenvalue weighted by Gasteiger charge is 2.38. The second-order valence-corrected chi connectivity index (χ2v) is 11.2. The number of nitrogens with two attached hydrogens (primary N) is 1. The Morgan fingerprint density at radius 3 is 2.19 bits per heavy atom. The third-order valence-corrected chi connectivity index (χ3v) is 7.89. The lowest BCUT2D eigenvalue weighted by Crippen LogP contribution is -2.43. The van der Waals surface area contributed by atoms with Crippen LogP contribution in [0.4, 0.5) is 5.69 Å². The topological polar surface area (TPSA) is 35.2 Å². The van der Waals surface area contributed by atoms with E-state index in [4.69, 9.17) is 10.2 Å². The number of halogens is 1. The van der Waals surface area contributed by atoms with Gasteiger partial charge in [-0.1, -0.05) is 36.7 Å². The van der Waals surface area contributed by atoms with Gasteiger partial charge in [-0.15, -0.1) is 0 Å². The van der Waals surface area contributed by atoms with Crippen LogP contribution < -0.4 is 10.2 Å². The van der Waals surface area contributed by atoms with Gasteiger partial charge in [0.2, 0.25) is 8.32 Å². The van der Waals surface area contributed by atoms with E-state index in [9.17, 15) is 0 Å². The SMILES string of the molecule is CC(C)(C)[Si](C)(C)Oc1cc(N)cc(Br)c1. The molecule has 1 rings (SSSR count). The minimum absolute atomic E-state index is 0.198. The first-order chi connectivity index (χ1) is 7.12. The molecule has 1 aromatic rings. The fourth-order valence-electron chi connectivity index (χ4n) is 1.09. The predicted octanol–water partition coefficient (Wildman–Crippen LogP) is 4.42. The maximum Gasteiger partial charge on any atom is 0.250 e. The highest BCUT2D eigenvalue weighted by atomic mass is 79.9. The lowest BCUT2D eigenvalue weighted by Gasteiger charge is -2.36. The molecule has 2 N–H and O–H groups in total. The third-order valence-electron chi connectivity index (χ3n) is 3.07. The Labute approximate surface area is 107 Å². The second kappa shape index (κ2) is 4.41. The van der Waals surface area contributed by atoms with Crippen molar-refractivity contribution in [2.75, 3.05) is 5.73 Å². The minimum atomic E-state index is -1.77. The van der Waals surface area contributed by atoms with Crippen LogP contribution in [0, 0.1) is 0 Å². The van der Waals surface area contributed by atoms with Gasteiger partial charge in [-0.3, -0.25) is 0 Å². The Morgan fingerprint density at radius 1 is 1.19 bits per heavy atom. The van der Waals surface area contributed by atoms with E-state index in [1.165, 1.54) is 0 Å². The molecule has 0 heterocycles. The molecule has 0 aliphatic heterocycles. The molecule has 0 aliphatic rings. The van der Waals surface area contributed by atoms with Crippen LogP contribution in [0.1, 0.15) is 20.8 Å². The van der Waals surface area contributed by atoms with Crippen molar-refractivity contribution < 1.29 is 4.43 Å². The number of anilines is 1. The molecule has 0 bridgehead atoms. The molecule has 16 heavy (non-hydrogen) atoms. The molecular weight excluding hydrogens is 282 g/mol. The van der Waals surface area contributed by atoms with Crippen molar-refractivity contribution in [1.82, 2.24) is 0 Å². The van der Waals surface area contributed by atoms with Gasteiger partial charge < -0.3 is 10.2 Å². The fourth-order valence-corrected chi connectivity index (χ4v) is 2.59. The van der Waals surface area contributed by atoms with Gasteiger partial charge in [0.15, 0.2) is 0 Å². The molecule has 0 aromatic heterocycles. The summed E-state index contributed by atoms with van der Waals surface area (Å²) in [6.45, 7) is 11.1. The smallest absolute Gasteiger partial charge is 0.250 e. The average molecular weight is 302 g/mol. The summed E-state index contributed by atoms with van der Waals surface area (Å²) in [6, 6.07) is 5.72. The zero-order valence-corrected chi connectivity index (χ0v) is 13.2. The number of benzene rings is 1. The monoisotopic (exact) mass is 301 g/mol. The maximum atomic E-state index is 6.16. The molecule has 0 unspecified atom stereocenters. The van der Waals surface area contributed by atoms with Gasteiger partial charge in [0.05, 0.1) is 0 Å². The van der Waals surface area contributed by atoms with E-state index in [1.807, 2.05) is 18.2 Å². The van der Waals surface area contributed by atoms with E-state index >= 15 is 0 Å². The molecule has 0 fully saturated rings. The van der Waals surface area contributed by atoms with E-state index in [1.54, 1.807) is 0 Å². The van der Waals surface area contributed by atoms with Crippen molar-refractivity contribution in [2.45, 2.75) is 38.9 Å². The van der Waals surface area contributed by atoms with Crippen molar-refractivity contribution in [3.05, 3.63) is 22.7 Å². The summed E-state index contributed by atoms with van der Waals surface area (Å²) < 4.78 is 7.12. The van der Waals surface area contributed by atoms with Crippen molar-refractivity contribution in [2.24, 2.45) is 0 Å². The molecule has 0 saturated heterocycles. The second-order valence-electron chi connectivity index (χ2n) is 5.58. The van der Waals surface area contributed by atoms with Crippen molar-refractivity contribution in [3.63, 3.8) is 0 Å². The molecule has 0 radical (unpaired) electrons. The average Bonchev–Trinajstić information content (AvgIpc) is 1.97. The Bertz CT molecular complexity index is 365. The van der Waals surface area contributed by atoms with Crippen LogP contribution in [0.5, 0.6) is 5.75 Å². The molecule has 0 atom stereocenters. The van der Waals surface area contributed by atoms with Crippen LogP contribution in [0.3, 0.4) is 0 Å². The first kappa shape index (κ1) is 13.6. The lowest BCUT2D eigenvalue weighted by molar-refractivity contribution is 0.492. The van der Waals surface area contributed by atoms with Gasteiger partial charge in [-0.25, -0.2) is 0 Å². The number of hydrogen-bond donors (Lipinski definition) is 1. The summed E-state index contributed by atoms with van der Waals surface area (Å²) in [7, 11) is -1.77. The van der Waals surface area contributed by atoms with Crippen LogP contribution in [0.2, 0.25) is 18.1 Å². The van der Waals surface area contributed by atoms with Gasteiger partial charge in [-0.2, -0.15) is 0 Å². The summed E-state index contributed by atoms with van der Waals surface area (Å²) in [5.41, 5.74) is 6.52. The lowest BCUT2D eigenvalue weighted by atomic mass is 10.2. The first-order valence-corrected chi connectivity index (χ1v) is 9.07. The van der Waals surface area contributed by atoms with Crippen LogP contribution in [-0.4, -0.2) is 8.32 Å². The molecule has 0 saturated carbocycles. The quantitative estimate of drug-likeness (QED) is 0.648. The van der Waals surface area contributed by atoms with Crippen molar-refractivity contribution >= 4 is 29.9 Å². The van der Waals surface area contributed by atoms with E-state index < -0.39 is 8.32 Å². The zero-order valence-electron chi connectivity index (χ0n) is 10.6. The van der Waals surface area contributed by atoms with E-state index in [0.29, 0.717) is 0 Å². The molecule has 90 valence electrons. The molecule has 0 aliphatic carbocycles. The molecule has 0 spiro atoms. The Morgan fingerprint density at radius 2 is 1.75 bits per heavy atom. The molecule has 4 heteroatoms. The van der Waals surface area contributed by atoms with E-state index in [-0.39, 0.29) is 5.04 Å². The molecule has 2 nitrogen and oxygen atoms in total. The van der Waals surface area contributed by atoms with Gasteiger partial charge >= 0.3 is 0 Å². The van der Waals surface area contributed by atoms with Crippen LogP contribution in [-0.2, 0) is 0 Å². The van der Waals surface area contributed by atoms with Gasteiger partial charge in [0.1, 0.15) is 5.75 Å². The van der Waals surface area contributed by atoms with Crippen LogP contribution in [0.25, 0.3) is 0 Å². The van der Waals surface area contributed by atoms with Gasteiger partial charge in [-0.05, 0) is 30.3 Å². The molecule has 0 amide bonds. The number of rotatable bonds is 2. The summed E-state index contributed by atoms with van der Waals surface area (Å²) >= 11 is 3.43. The summed E-state index contributed by atoms with van der Waals surface area (Å²) in [5, 5.41) is 0.198. The highest BCUT2D eigenvalue weighted by molar-refractivity contribution is 9.10. The largest absolute Gasteiger partial charge is 0.543 e. The summed E-state index contributed by atoms with van der Waals surface area (Å²) in [5.74, 6) is 0.860. The van der Waals surface area contributed by atoms with Crippen molar-refractivity contribution in [3.8, 4) is 5.75 Å². The first-order valence-electron chi connectivity index (χ1n) is 5.37. The molecular formula is C12H20BrNOSi. The van der Waals surface area contributed by atoms with Crippen molar-refractivity contribution in [1.29, 1.82) is 0 Å². The maximum absolute atomic E-state index is 6.16. The number of hydrogen-bond acceptors (Lipinski definition) is 2. The predicted molar refractivity (Wildman–Crippen MR) is 76.4 cm³/mol. The van der Waals surface area contributed by atoms with Crippen LogP contribution in [0.15, 0.2) is 22.7 Å². The summed E-state index contributed by atoms with van der Waals surface area (Å²) in [4.78, 5) is 0. The summed E-state index contributed by atoms with van der Waals surface area (Å²) in [6.07, 6.45) is 0. The van der Waals surface area contributed by atoms with Gasteiger partial charge in [0, 0.05) is 16.2 Å². The van der Waals surface area contributed by atoms with Gasteiger partial charge in [0.25, 0.3) is 0 Å². The fraction of sp³-hybridized carbons (Fsp3) is 0.500. The molecule has 1 aromatic carbocycles. The van der Waals surface area contributed by atoms with Crippen LogP contribution >= 0.6 is 15.9 Å². The third kappa shape index (κ3) is 3.25. The van der Waals surface area contributed by atoms with E-state index in [0.717, 1.165) is 15.9 Å². The Kier molecular flexibility index (Phi) is 3.75. The highest BCUT2D eigenvalue weighted by Crippen LogP contribution is 2.38. The Balaban J connectivity index is 2.96.